The Labute approximate surface area is 110 Å². The Morgan fingerprint density at radius 3 is 3.00 bits per heavy atom. The van der Waals surface area contributed by atoms with Gasteiger partial charge in [0.15, 0.2) is 0 Å². The average molecular weight is 265 g/mol. The van der Waals surface area contributed by atoms with Gasteiger partial charge in [-0.1, -0.05) is 11.6 Å². The summed E-state index contributed by atoms with van der Waals surface area (Å²) >= 11 is 6.06. The molecule has 0 spiro atoms. The second-order valence-corrected chi connectivity index (χ2v) is 4.07. The zero-order valence-corrected chi connectivity index (χ0v) is 10.6. The molecule has 1 aromatic carbocycles. The molecule has 0 bridgehead atoms. The fraction of sp³-hybridized carbons (Fsp3) is 0.167. The molecule has 1 aromatic heterocycles. The molecule has 0 radical (unpaired) electrons. The Morgan fingerprint density at radius 1 is 1.50 bits per heavy atom. The van der Waals surface area contributed by atoms with Crippen LogP contribution in [0, 0.1) is 0 Å². The highest BCUT2D eigenvalue weighted by molar-refractivity contribution is 6.33. The minimum absolute atomic E-state index is 0.146. The number of hydrogen-bond acceptors (Lipinski definition) is 3. The SMILES string of the molecule is CNC(=O)c1ccc(Cl)c(NCc2ncc[nH]2)c1. The zero-order chi connectivity index (χ0) is 13.0. The molecule has 3 N–H and O–H groups in total. The Kier molecular flexibility index (Phi) is 3.84. The van der Waals surface area contributed by atoms with Crippen molar-refractivity contribution in [3.8, 4) is 0 Å². The van der Waals surface area contributed by atoms with Crippen LogP contribution in [-0.4, -0.2) is 22.9 Å². The first-order valence-electron chi connectivity index (χ1n) is 5.44. The number of nitrogens with one attached hydrogen (secondary N) is 3. The zero-order valence-electron chi connectivity index (χ0n) is 9.83. The van der Waals surface area contributed by atoms with Gasteiger partial charge in [-0.2, -0.15) is 0 Å². The van der Waals surface area contributed by atoms with E-state index in [1.165, 1.54) is 0 Å². The summed E-state index contributed by atoms with van der Waals surface area (Å²) < 4.78 is 0. The third-order valence-corrected chi connectivity index (χ3v) is 2.79. The van der Waals surface area contributed by atoms with E-state index in [9.17, 15) is 4.79 Å². The summed E-state index contributed by atoms with van der Waals surface area (Å²) in [5, 5.41) is 6.26. The lowest BCUT2D eigenvalue weighted by atomic mass is 10.2. The van der Waals surface area contributed by atoms with E-state index in [1.54, 1.807) is 37.6 Å². The molecule has 0 saturated carbocycles. The standard InChI is InChI=1S/C12H13ClN4O/c1-14-12(18)8-2-3-9(13)10(6-8)17-7-11-15-4-5-16-11/h2-6,17H,7H2,1H3,(H,14,18)(H,15,16). The Bertz CT molecular complexity index is 539. The predicted octanol–water partition coefficient (Wildman–Crippen LogP) is 2.03. The van der Waals surface area contributed by atoms with Gasteiger partial charge in [-0.05, 0) is 18.2 Å². The molecule has 0 saturated heterocycles. The second kappa shape index (κ2) is 5.55. The minimum atomic E-state index is -0.146. The quantitative estimate of drug-likeness (QED) is 0.791. The number of carbonyl (C=O) groups is 1. The number of nitrogens with zero attached hydrogens (tertiary/aromatic N) is 1. The van der Waals surface area contributed by atoms with E-state index < -0.39 is 0 Å². The summed E-state index contributed by atoms with van der Waals surface area (Å²) in [6, 6.07) is 5.08. The molecule has 0 atom stereocenters. The van der Waals surface area contributed by atoms with Crippen molar-refractivity contribution in [3.63, 3.8) is 0 Å². The molecule has 0 fully saturated rings. The third-order valence-electron chi connectivity index (χ3n) is 2.46. The van der Waals surface area contributed by atoms with Gasteiger partial charge in [0, 0.05) is 25.0 Å². The van der Waals surface area contributed by atoms with Crippen LogP contribution in [0.25, 0.3) is 0 Å². The molecule has 0 aliphatic heterocycles. The molecule has 18 heavy (non-hydrogen) atoms. The van der Waals surface area contributed by atoms with Crippen LogP contribution in [0.1, 0.15) is 16.2 Å². The van der Waals surface area contributed by atoms with Crippen molar-refractivity contribution in [2.24, 2.45) is 0 Å². The van der Waals surface area contributed by atoms with Crippen molar-refractivity contribution < 1.29 is 4.79 Å². The highest BCUT2D eigenvalue weighted by Gasteiger charge is 2.07. The molecule has 0 aliphatic carbocycles. The molecule has 2 rings (SSSR count). The first kappa shape index (κ1) is 12.4. The number of imidazole rings is 1. The first-order valence-corrected chi connectivity index (χ1v) is 5.82. The summed E-state index contributed by atoms with van der Waals surface area (Å²) in [7, 11) is 1.59. The normalized spacial score (nSPS) is 10.1. The summed E-state index contributed by atoms with van der Waals surface area (Å²) in [6.45, 7) is 0.518. The number of rotatable bonds is 4. The number of amides is 1. The number of H-pyrrole nitrogens is 1. The maximum Gasteiger partial charge on any atom is 0.251 e. The van der Waals surface area contributed by atoms with Crippen molar-refractivity contribution in [2.45, 2.75) is 6.54 Å². The van der Waals surface area contributed by atoms with Crippen LogP contribution in [0.3, 0.4) is 0 Å². The van der Waals surface area contributed by atoms with Crippen LogP contribution in [0.15, 0.2) is 30.6 Å². The van der Waals surface area contributed by atoms with E-state index >= 15 is 0 Å². The molecule has 5 nitrogen and oxygen atoms in total. The van der Waals surface area contributed by atoms with Crippen LogP contribution >= 0.6 is 11.6 Å². The number of benzene rings is 1. The first-order chi connectivity index (χ1) is 8.70. The fourth-order valence-electron chi connectivity index (χ4n) is 1.52. The van der Waals surface area contributed by atoms with Crippen LogP contribution in [0.4, 0.5) is 5.69 Å². The van der Waals surface area contributed by atoms with E-state index in [2.05, 4.69) is 20.6 Å². The monoisotopic (exact) mass is 264 g/mol. The lowest BCUT2D eigenvalue weighted by molar-refractivity contribution is 0.0963. The van der Waals surface area contributed by atoms with Crippen molar-refractivity contribution in [1.82, 2.24) is 15.3 Å². The van der Waals surface area contributed by atoms with Crippen molar-refractivity contribution in [2.75, 3.05) is 12.4 Å². The largest absolute Gasteiger partial charge is 0.377 e. The lowest BCUT2D eigenvalue weighted by Gasteiger charge is -2.09. The van der Waals surface area contributed by atoms with Crippen molar-refractivity contribution in [1.29, 1.82) is 0 Å². The van der Waals surface area contributed by atoms with Crippen LogP contribution in [0.2, 0.25) is 5.02 Å². The molecule has 1 amide bonds. The van der Waals surface area contributed by atoms with Gasteiger partial charge in [0.05, 0.1) is 17.3 Å². The lowest BCUT2D eigenvalue weighted by Crippen LogP contribution is -2.17. The van der Waals surface area contributed by atoms with E-state index in [1.807, 2.05) is 0 Å². The summed E-state index contributed by atoms with van der Waals surface area (Å²) in [6.07, 6.45) is 3.43. The van der Waals surface area contributed by atoms with E-state index in [0.717, 1.165) is 5.82 Å². The van der Waals surface area contributed by atoms with Gasteiger partial charge in [0.2, 0.25) is 0 Å². The maximum absolute atomic E-state index is 11.5. The van der Waals surface area contributed by atoms with Gasteiger partial charge in [0.25, 0.3) is 5.91 Å². The van der Waals surface area contributed by atoms with Crippen LogP contribution in [-0.2, 0) is 6.54 Å². The van der Waals surface area contributed by atoms with E-state index in [0.29, 0.717) is 22.8 Å². The van der Waals surface area contributed by atoms with E-state index in [4.69, 9.17) is 11.6 Å². The Morgan fingerprint density at radius 2 is 2.33 bits per heavy atom. The number of hydrogen-bond donors (Lipinski definition) is 3. The fourth-order valence-corrected chi connectivity index (χ4v) is 1.70. The molecular weight excluding hydrogens is 252 g/mol. The second-order valence-electron chi connectivity index (χ2n) is 3.66. The molecule has 2 aromatic rings. The topological polar surface area (TPSA) is 69.8 Å². The van der Waals surface area contributed by atoms with Crippen molar-refractivity contribution in [3.05, 3.63) is 47.0 Å². The van der Waals surface area contributed by atoms with Gasteiger partial charge >= 0.3 is 0 Å². The predicted molar refractivity (Wildman–Crippen MR) is 70.8 cm³/mol. The van der Waals surface area contributed by atoms with Gasteiger partial charge < -0.3 is 15.6 Å². The molecule has 6 heteroatoms. The molecule has 1 heterocycles. The number of carbonyl (C=O) groups excluding carboxylic acids is 1. The molecular formula is C12H13ClN4O. The summed E-state index contributed by atoms with van der Waals surface area (Å²) in [5.41, 5.74) is 1.26. The average Bonchev–Trinajstić information content (AvgIpc) is 2.90. The van der Waals surface area contributed by atoms with Gasteiger partial charge in [0.1, 0.15) is 5.82 Å². The Balaban J connectivity index is 2.13. The molecule has 0 aliphatic rings. The Hall–Kier alpha value is -2.01. The maximum atomic E-state index is 11.5. The number of aromatic amines is 1. The van der Waals surface area contributed by atoms with Gasteiger partial charge in [-0.25, -0.2) is 4.98 Å². The van der Waals surface area contributed by atoms with Crippen molar-refractivity contribution >= 4 is 23.2 Å². The summed E-state index contributed by atoms with van der Waals surface area (Å²) in [5.74, 6) is 0.657. The smallest absolute Gasteiger partial charge is 0.251 e. The molecule has 94 valence electrons. The molecule has 0 unspecified atom stereocenters. The van der Waals surface area contributed by atoms with Gasteiger partial charge in [-0.3, -0.25) is 4.79 Å². The highest BCUT2D eigenvalue weighted by Crippen LogP contribution is 2.23. The summed E-state index contributed by atoms with van der Waals surface area (Å²) in [4.78, 5) is 18.6. The van der Waals surface area contributed by atoms with E-state index in [-0.39, 0.29) is 5.91 Å². The van der Waals surface area contributed by atoms with Crippen LogP contribution in [0.5, 0.6) is 0 Å². The third kappa shape index (κ3) is 2.81. The van der Waals surface area contributed by atoms with Gasteiger partial charge in [-0.15, -0.1) is 0 Å². The number of anilines is 1. The number of aromatic nitrogens is 2. The minimum Gasteiger partial charge on any atom is -0.377 e. The highest BCUT2D eigenvalue weighted by atomic mass is 35.5. The van der Waals surface area contributed by atoms with Crippen LogP contribution < -0.4 is 10.6 Å². The number of halogens is 1.